The van der Waals surface area contributed by atoms with Crippen molar-refractivity contribution in [3.05, 3.63) is 65.8 Å². The number of nitrogens with one attached hydrogen (secondary N) is 1. The van der Waals surface area contributed by atoms with Crippen LogP contribution in [-0.4, -0.2) is 10.9 Å². The largest absolute Gasteiger partial charge is 0.443 e. The van der Waals surface area contributed by atoms with E-state index in [2.05, 4.69) is 10.3 Å². The van der Waals surface area contributed by atoms with Gasteiger partial charge in [-0.3, -0.25) is 4.79 Å². The van der Waals surface area contributed by atoms with Gasteiger partial charge in [-0.15, -0.1) is 0 Å². The molecule has 1 heterocycles. The molecule has 0 radical (unpaired) electrons. The third kappa shape index (κ3) is 2.51. The van der Waals surface area contributed by atoms with Crippen molar-refractivity contribution in [1.82, 2.24) is 10.3 Å². The average molecular weight is 270 g/mol. The van der Waals surface area contributed by atoms with E-state index in [9.17, 15) is 9.18 Å². The Kier molecular flexibility index (Phi) is 3.16. The minimum absolute atomic E-state index is 0.297. The lowest BCUT2D eigenvalue weighted by Crippen LogP contribution is -2.22. The molecule has 0 unspecified atom stereocenters. The molecule has 0 fully saturated rings. The van der Waals surface area contributed by atoms with Gasteiger partial charge >= 0.3 is 0 Å². The molecule has 0 aliphatic heterocycles. The van der Waals surface area contributed by atoms with Gasteiger partial charge in [-0.1, -0.05) is 12.1 Å². The zero-order valence-corrected chi connectivity index (χ0v) is 10.5. The lowest BCUT2D eigenvalue weighted by Gasteiger charge is -2.05. The van der Waals surface area contributed by atoms with Crippen molar-refractivity contribution in [3.63, 3.8) is 0 Å². The van der Waals surface area contributed by atoms with Crippen molar-refractivity contribution < 1.29 is 13.6 Å². The van der Waals surface area contributed by atoms with Crippen molar-refractivity contribution in [2.45, 2.75) is 6.54 Å². The fourth-order valence-electron chi connectivity index (χ4n) is 1.92. The van der Waals surface area contributed by atoms with Crippen molar-refractivity contribution in [1.29, 1.82) is 0 Å². The number of oxazole rings is 1. The number of nitrogens with zero attached hydrogens (tertiary/aromatic N) is 1. The fraction of sp³-hybridized carbons (Fsp3) is 0.0667. The molecule has 0 saturated carbocycles. The van der Waals surface area contributed by atoms with Crippen LogP contribution in [0.5, 0.6) is 0 Å². The van der Waals surface area contributed by atoms with Gasteiger partial charge in [0, 0.05) is 12.1 Å². The summed E-state index contributed by atoms with van der Waals surface area (Å²) in [5.74, 6) is -0.747. The molecular formula is C15H11FN2O2. The number of aromatic nitrogens is 1. The van der Waals surface area contributed by atoms with Crippen LogP contribution in [0.2, 0.25) is 0 Å². The molecule has 0 spiro atoms. The van der Waals surface area contributed by atoms with E-state index in [4.69, 9.17) is 4.42 Å². The molecule has 1 N–H and O–H groups in total. The number of carbonyl (C=O) groups is 1. The number of carbonyl (C=O) groups excluding carboxylic acids is 1. The molecule has 0 atom stereocenters. The number of amides is 1. The number of hydrogen-bond acceptors (Lipinski definition) is 3. The van der Waals surface area contributed by atoms with Crippen molar-refractivity contribution in [3.8, 4) is 0 Å². The first-order chi connectivity index (χ1) is 9.72. The first kappa shape index (κ1) is 12.3. The van der Waals surface area contributed by atoms with Crippen LogP contribution in [0, 0.1) is 5.82 Å². The van der Waals surface area contributed by atoms with Crippen molar-refractivity contribution >= 4 is 17.0 Å². The summed E-state index contributed by atoms with van der Waals surface area (Å²) in [5, 5.41) is 2.73. The topological polar surface area (TPSA) is 55.1 Å². The van der Waals surface area contributed by atoms with Gasteiger partial charge in [-0.05, 0) is 35.9 Å². The van der Waals surface area contributed by atoms with Crippen LogP contribution in [0.3, 0.4) is 0 Å². The van der Waals surface area contributed by atoms with Gasteiger partial charge in [0.15, 0.2) is 12.0 Å². The molecule has 0 aliphatic carbocycles. The van der Waals surface area contributed by atoms with Gasteiger partial charge in [0.05, 0.1) is 0 Å². The molecule has 4 nitrogen and oxygen atoms in total. The quantitative estimate of drug-likeness (QED) is 0.796. The van der Waals surface area contributed by atoms with Crippen LogP contribution in [-0.2, 0) is 6.54 Å². The molecule has 3 rings (SSSR count). The summed E-state index contributed by atoms with van der Waals surface area (Å²) in [6.07, 6.45) is 1.37. The Bertz CT molecular complexity index is 767. The molecule has 1 amide bonds. The predicted molar refractivity (Wildman–Crippen MR) is 71.6 cm³/mol. The Balaban J connectivity index is 1.71. The minimum atomic E-state index is -0.430. The molecule has 1 aromatic heterocycles. The zero-order chi connectivity index (χ0) is 13.9. The summed E-state index contributed by atoms with van der Waals surface area (Å²) >= 11 is 0. The Hall–Kier alpha value is -2.69. The molecular weight excluding hydrogens is 259 g/mol. The van der Waals surface area contributed by atoms with Crippen LogP contribution < -0.4 is 5.32 Å². The second kappa shape index (κ2) is 5.13. The smallest absolute Gasteiger partial charge is 0.251 e. The molecule has 3 aromatic rings. The van der Waals surface area contributed by atoms with E-state index in [0.29, 0.717) is 17.7 Å². The fourth-order valence-corrected chi connectivity index (χ4v) is 1.92. The summed E-state index contributed by atoms with van der Waals surface area (Å²) in [6.45, 7) is 0.339. The summed E-state index contributed by atoms with van der Waals surface area (Å²) < 4.78 is 18.2. The van der Waals surface area contributed by atoms with E-state index >= 15 is 0 Å². The van der Waals surface area contributed by atoms with E-state index in [1.165, 1.54) is 24.6 Å². The standard InChI is InChI=1S/C15H11FN2O2/c16-12-3-1-2-11(7-12)15(19)17-8-10-4-5-13-14(6-10)20-9-18-13/h1-7,9H,8H2,(H,17,19). The predicted octanol–water partition coefficient (Wildman–Crippen LogP) is 2.90. The van der Waals surface area contributed by atoms with Crippen LogP contribution in [0.1, 0.15) is 15.9 Å². The Labute approximate surface area is 114 Å². The minimum Gasteiger partial charge on any atom is -0.443 e. The summed E-state index contributed by atoms with van der Waals surface area (Å²) in [5.41, 5.74) is 2.62. The van der Waals surface area contributed by atoms with Crippen LogP contribution >= 0.6 is 0 Å². The first-order valence-electron chi connectivity index (χ1n) is 6.08. The van der Waals surface area contributed by atoms with E-state index < -0.39 is 5.82 Å². The molecule has 0 bridgehead atoms. The summed E-state index contributed by atoms with van der Waals surface area (Å²) in [6, 6.07) is 11.1. The number of benzene rings is 2. The van der Waals surface area contributed by atoms with Crippen molar-refractivity contribution in [2.75, 3.05) is 0 Å². The number of fused-ring (bicyclic) bond motifs is 1. The maximum Gasteiger partial charge on any atom is 0.251 e. The van der Waals surface area contributed by atoms with Gasteiger partial charge in [0.2, 0.25) is 0 Å². The Morgan fingerprint density at radius 3 is 3.00 bits per heavy atom. The highest BCUT2D eigenvalue weighted by molar-refractivity contribution is 5.94. The number of hydrogen-bond donors (Lipinski definition) is 1. The van der Waals surface area contributed by atoms with Crippen LogP contribution in [0.4, 0.5) is 4.39 Å². The molecule has 5 heteroatoms. The maximum absolute atomic E-state index is 13.0. The second-order valence-corrected chi connectivity index (χ2v) is 4.35. The number of rotatable bonds is 3. The van der Waals surface area contributed by atoms with Gasteiger partial charge in [-0.25, -0.2) is 9.37 Å². The average Bonchev–Trinajstić information content (AvgIpc) is 2.92. The highest BCUT2D eigenvalue weighted by Crippen LogP contribution is 2.14. The van der Waals surface area contributed by atoms with Gasteiger partial charge in [0.25, 0.3) is 5.91 Å². The third-order valence-corrected chi connectivity index (χ3v) is 2.94. The summed E-state index contributed by atoms with van der Waals surface area (Å²) in [7, 11) is 0. The zero-order valence-electron chi connectivity index (χ0n) is 10.5. The molecule has 2 aromatic carbocycles. The summed E-state index contributed by atoms with van der Waals surface area (Å²) in [4.78, 5) is 15.9. The highest BCUT2D eigenvalue weighted by atomic mass is 19.1. The van der Waals surface area contributed by atoms with Gasteiger partial charge in [0.1, 0.15) is 11.3 Å². The normalized spacial score (nSPS) is 10.7. The monoisotopic (exact) mass is 270 g/mol. The Morgan fingerprint density at radius 2 is 2.15 bits per heavy atom. The van der Waals surface area contributed by atoms with E-state index in [1.807, 2.05) is 18.2 Å². The molecule has 0 aliphatic rings. The van der Waals surface area contributed by atoms with Crippen LogP contribution in [0.15, 0.2) is 53.3 Å². The molecule has 0 saturated heterocycles. The molecule has 20 heavy (non-hydrogen) atoms. The second-order valence-electron chi connectivity index (χ2n) is 4.35. The maximum atomic E-state index is 13.0. The van der Waals surface area contributed by atoms with E-state index in [0.717, 1.165) is 11.1 Å². The highest BCUT2D eigenvalue weighted by Gasteiger charge is 2.07. The first-order valence-corrected chi connectivity index (χ1v) is 6.08. The third-order valence-electron chi connectivity index (χ3n) is 2.94. The number of halogens is 1. The van der Waals surface area contributed by atoms with Crippen LogP contribution in [0.25, 0.3) is 11.1 Å². The van der Waals surface area contributed by atoms with Gasteiger partial charge in [-0.2, -0.15) is 0 Å². The van der Waals surface area contributed by atoms with Gasteiger partial charge < -0.3 is 9.73 Å². The lowest BCUT2D eigenvalue weighted by atomic mass is 10.2. The van der Waals surface area contributed by atoms with E-state index in [-0.39, 0.29) is 5.91 Å². The lowest BCUT2D eigenvalue weighted by molar-refractivity contribution is 0.0950. The molecule has 100 valence electrons. The van der Waals surface area contributed by atoms with E-state index in [1.54, 1.807) is 6.07 Å². The Morgan fingerprint density at radius 1 is 1.25 bits per heavy atom. The SMILES string of the molecule is O=C(NCc1ccc2ncoc2c1)c1cccc(F)c1. The van der Waals surface area contributed by atoms with Crippen molar-refractivity contribution in [2.24, 2.45) is 0 Å².